The summed E-state index contributed by atoms with van der Waals surface area (Å²) in [5.74, 6) is 0.523. The summed E-state index contributed by atoms with van der Waals surface area (Å²) >= 11 is 0. The third-order valence-electron chi connectivity index (χ3n) is 5.10. The Labute approximate surface area is 180 Å². The van der Waals surface area contributed by atoms with Crippen molar-refractivity contribution in [3.63, 3.8) is 0 Å². The first kappa shape index (κ1) is 22.1. The second kappa shape index (κ2) is 9.96. The number of nitro groups is 1. The minimum atomic E-state index is -0.542. The fourth-order valence-electron chi connectivity index (χ4n) is 3.29. The van der Waals surface area contributed by atoms with E-state index in [4.69, 9.17) is 0 Å². The number of carbonyl (C=O) groups excluding carboxylic acids is 2. The van der Waals surface area contributed by atoms with Crippen LogP contribution in [0.25, 0.3) is 0 Å². The van der Waals surface area contributed by atoms with Crippen molar-refractivity contribution in [3.8, 4) is 0 Å². The van der Waals surface area contributed by atoms with Gasteiger partial charge >= 0.3 is 0 Å². The Hall–Kier alpha value is -3.56. The molecular weight excluding hydrogens is 400 g/mol. The second-order valence-electron chi connectivity index (χ2n) is 7.75. The first-order valence-corrected chi connectivity index (χ1v) is 10.2. The maximum Gasteiger partial charge on any atom is 0.282 e. The van der Waals surface area contributed by atoms with E-state index in [1.807, 2.05) is 4.90 Å². The van der Waals surface area contributed by atoms with E-state index in [2.05, 4.69) is 29.1 Å². The summed E-state index contributed by atoms with van der Waals surface area (Å²) in [5.41, 5.74) is 0.161. The van der Waals surface area contributed by atoms with E-state index in [-0.39, 0.29) is 28.8 Å². The molecular formula is C21H26N6O4. The summed E-state index contributed by atoms with van der Waals surface area (Å²) in [6.45, 7) is 6.62. The highest BCUT2D eigenvalue weighted by Gasteiger charge is 2.27. The highest BCUT2D eigenvalue weighted by molar-refractivity contribution is 5.98. The smallest absolute Gasteiger partial charge is 0.282 e. The number of hydrogen-bond donors (Lipinski definition) is 1. The van der Waals surface area contributed by atoms with E-state index in [1.165, 1.54) is 18.3 Å². The number of nitro benzene ring substituents is 1. The lowest BCUT2D eigenvalue weighted by atomic mass is 10.1. The van der Waals surface area contributed by atoms with E-state index in [0.29, 0.717) is 44.5 Å². The van der Waals surface area contributed by atoms with Gasteiger partial charge in [-0.25, -0.2) is 9.97 Å². The quantitative estimate of drug-likeness (QED) is 0.531. The Morgan fingerprint density at radius 1 is 1.13 bits per heavy atom. The molecule has 0 bridgehead atoms. The standard InChI is InChI=1S/C21H26N6O4/c1-15(2)7-8-22-20(28)17-13-24-19(14-23-17)25-9-11-26(12-10-25)21(29)16-5-3-4-6-18(16)27(30)31/h3-6,13-15H,7-12H2,1-2H3,(H,22,28). The predicted molar refractivity (Wildman–Crippen MR) is 115 cm³/mol. The predicted octanol–water partition coefficient (Wildman–Crippen LogP) is 2.12. The fraction of sp³-hybridized carbons (Fsp3) is 0.429. The van der Waals surface area contributed by atoms with Crippen molar-refractivity contribution in [2.75, 3.05) is 37.6 Å². The van der Waals surface area contributed by atoms with Gasteiger partial charge in [-0.3, -0.25) is 19.7 Å². The van der Waals surface area contributed by atoms with E-state index < -0.39 is 4.92 Å². The molecule has 164 valence electrons. The molecule has 0 spiro atoms. The molecule has 1 aliphatic heterocycles. The number of para-hydroxylation sites is 1. The maximum atomic E-state index is 12.7. The summed E-state index contributed by atoms with van der Waals surface area (Å²) in [6, 6.07) is 5.97. The highest BCUT2D eigenvalue weighted by Crippen LogP contribution is 2.21. The first-order chi connectivity index (χ1) is 14.9. The Morgan fingerprint density at radius 2 is 1.84 bits per heavy atom. The van der Waals surface area contributed by atoms with Gasteiger partial charge in [0.15, 0.2) is 0 Å². The van der Waals surface area contributed by atoms with Crippen molar-refractivity contribution in [3.05, 3.63) is 58.0 Å². The topological polar surface area (TPSA) is 122 Å². The fourth-order valence-corrected chi connectivity index (χ4v) is 3.29. The molecule has 2 heterocycles. The Morgan fingerprint density at radius 3 is 2.45 bits per heavy atom. The largest absolute Gasteiger partial charge is 0.352 e. The number of nitrogens with one attached hydrogen (secondary N) is 1. The molecule has 1 aromatic heterocycles. The number of aromatic nitrogens is 2. The number of amides is 2. The van der Waals surface area contributed by atoms with Crippen molar-refractivity contribution in [1.29, 1.82) is 0 Å². The Bertz CT molecular complexity index is 939. The lowest BCUT2D eigenvalue weighted by Gasteiger charge is -2.35. The maximum absolute atomic E-state index is 12.7. The molecule has 1 aliphatic rings. The zero-order valence-corrected chi connectivity index (χ0v) is 17.7. The van der Waals surface area contributed by atoms with Gasteiger partial charge in [0.2, 0.25) is 0 Å². The molecule has 31 heavy (non-hydrogen) atoms. The number of anilines is 1. The summed E-state index contributed by atoms with van der Waals surface area (Å²) in [7, 11) is 0. The summed E-state index contributed by atoms with van der Waals surface area (Å²) in [5, 5.41) is 14.0. The molecule has 0 aliphatic carbocycles. The van der Waals surface area contributed by atoms with Crippen LogP contribution in [0.4, 0.5) is 11.5 Å². The van der Waals surface area contributed by atoms with Gasteiger partial charge in [0, 0.05) is 38.8 Å². The van der Waals surface area contributed by atoms with Gasteiger partial charge in [-0.2, -0.15) is 0 Å². The zero-order valence-electron chi connectivity index (χ0n) is 17.7. The van der Waals surface area contributed by atoms with E-state index in [0.717, 1.165) is 6.42 Å². The van der Waals surface area contributed by atoms with Crippen LogP contribution in [0.15, 0.2) is 36.7 Å². The molecule has 1 aromatic carbocycles. The van der Waals surface area contributed by atoms with Crippen LogP contribution >= 0.6 is 0 Å². The zero-order chi connectivity index (χ0) is 22.4. The molecule has 2 amide bonds. The second-order valence-corrected chi connectivity index (χ2v) is 7.75. The van der Waals surface area contributed by atoms with Gasteiger partial charge in [-0.05, 0) is 18.4 Å². The van der Waals surface area contributed by atoms with Crippen molar-refractivity contribution in [2.45, 2.75) is 20.3 Å². The van der Waals surface area contributed by atoms with Crippen molar-refractivity contribution in [1.82, 2.24) is 20.2 Å². The van der Waals surface area contributed by atoms with Crippen LogP contribution in [-0.2, 0) is 0 Å². The van der Waals surface area contributed by atoms with E-state index in [9.17, 15) is 19.7 Å². The van der Waals surface area contributed by atoms with Gasteiger partial charge in [-0.1, -0.05) is 26.0 Å². The number of hydrogen-bond acceptors (Lipinski definition) is 7. The van der Waals surface area contributed by atoms with Crippen LogP contribution in [-0.4, -0.2) is 64.3 Å². The van der Waals surface area contributed by atoms with Crippen LogP contribution in [0.2, 0.25) is 0 Å². The van der Waals surface area contributed by atoms with Crippen molar-refractivity contribution < 1.29 is 14.5 Å². The number of benzene rings is 1. The third kappa shape index (κ3) is 5.53. The number of carbonyl (C=O) groups is 2. The SMILES string of the molecule is CC(C)CCNC(=O)c1cnc(N2CCN(C(=O)c3ccccc3[N+](=O)[O-])CC2)cn1. The van der Waals surface area contributed by atoms with Gasteiger partial charge in [0.05, 0.1) is 17.3 Å². The average molecular weight is 426 g/mol. The van der Waals surface area contributed by atoms with Gasteiger partial charge in [0.1, 0.15) is 17.1 Å². The van der Waals surface area contributed by atoms with Crippen LogP contribution in [0.3, 0.4) is 0 Å². The third-order valence-corrected chi connectivity index (χ3v) is 5.10. The van der Waals surface area contributed by atoms with Gasteiger partial charge in [0.25, 0.3) is 17.5 Å². The molecule has 2 aromatic rings. The minimum absolute atomic E-state index is 0.0913. The molecule has 0 unspecified atom stereocenters. The molecule has 1 saturated heterocycles. The number of piperazine rings is 1. The molecule has 0 atom stereocenters. The molecule has 0 radical (unpaired) electrons. The van der Waals surface area contributed by atoms with Crippen molar-refractivity contribution in [2.24, 2.45) is 5.92 Å². The molecule has 3 rings (SSSR count). The summed E-state index contributed by atoms with van der Waals surface area (Å²) in [4.78, 5) is 47.6. The lowest BCUT2D eigenvalue weighted by molar-refractivity contribution is -0.385. The lowest BCUT2D eigenvalue weighted by Crippen LogP contribution is -2.49. The molecule has 10 nitrogen and oxygen atoms in total. The normalized spacial score (nSPS) is 13.9. The first-order valence-electron chi connectivity index (χ1n) is 10.2. The molecule has 0 saturated carbocycles. The summed E-state index contributed by atoms with van der Waals surface area (Å²) in [6.07, 6.45) is 3.90. The number of nitrogens with zero attached hydrogens (tertiary/aromatic N) is 5. The van der Waals surface area contributed by atoms with E-state index in [1.54, 1.807) is 23.2 Å². The number of rotatable bonds is 7. The van der Waals surface area contributed by atoms with Crippen LogP contribution in [0.1, 0.15) is 41.1 Å². The van der Waals surface area contributed by atoms with Gasteiger partial charge < -0.3 is 15.1 Å². The molecule has 1 N–H and O–H groups in total. The van der Waals surface area contributed by atoms with Crippen LogP contribution in [0, 0.1) is 16.0 Å². The summed E-state index contributed by atoms with van der Waals surface area (Å²) < 4.78 is 0. The monoisotopic (exact) mass is 426 g/mol. The Balaban J connectivity index is 1.57. The minimum Gasteiger partial charge on any atom is -0.352 e. The molecule has 10 heteroatoms. The average Bonchev–Trinajstić information content (AvgIpc) is 2.78. The van der Waals surface area contributed by atoms with Gasteiger partial charge in [-0.15, -0.1) is 0 Å². The highest BCUT2D eigenvalue weighted by atomic mass is 16.6. The van der Waals surface area contributed by atoms with Crippen molar-refractivity contribution >= 4 is 23.3 Å². The Kier molecular flexibility index (Phi) is 7.11. The molecule has 1 fully saturated rings. The van der Waals surface area contributed by atoms with Crippen LogP contribution < -0.4 is 10.2 Å². The van der Waals surface area contributed by atoms with E-state index >= 15 is 0 Å². The van der Waals surface area contributed by atoms with Crippen LogP contribution in [0.5, 0.6) is 0 Å².